The third-order valence-electron chi connectivity index (χ3n) is 1.71. The van der Waals surface area contributed by atoms with Crippen molar-refractivity contribution in [2.45, 2.75) is 17.7 Å². The summed E-state index contributed by atoms with van der Waals surface area (Å²) in [5.74, 6) is 2.28. The van der Waals surface area contributed by atoms with Gasteiger partial charge in [-0.3, -0.25) is 0 Å². The Hall–Kier alpha value is -0.430. The van der Waals surface area contributed by atoms with Crippen LogP contribution in [0.2, 0.25) is 0 Å². The summed E-state index contributed by atoms with van der Waals surface area (Å²) in [5.41, 5.74) is 1.51. The summed E-state index contributed by atoms with van der Waals surface area (Å²) in [4.78, 5) is 1.44. The van der Waals surface area contributed by atoms with E-state index in [1.165, 1.54) is 23.3 Å². The van der Waals surface area contributed by atoms with Gasteiger partial charge in [-0.25, -0.2) is 0 Å². The SMILES string of the molecule is [CH]1CCc2ccccc2S1. The molecule has 0 nitrogen and oxygen atoms in total. The summed E-state index contributed by atoms with van der Waals surface area (Å²) in [6.45, 7) is 0. The van der Waals surface area contributed by atoms with Crippen molar-refractivity contribution in [3.63, 3.8) is 0 Å². The largest absolute Gasteiger partial charge is 0.121 e. The van der Waals surface area contributed by atoms with Crippen molar-refractivity contribution in [2.75, 3.05) is 0 Å². The van der Waals surface area contributed by atoms with Crippen molar-refractivity contribution in [3.05, 3.63) is 35.6 Å². The maximum Gasteiger partial charge on any atom is 0.0220 e. The van der Waals surface area contributed by atoms with E-state index in [0.717, 1.165) is 0 Å². The van der Waals surface area contributed by atoms with Gasteiger partial charge in [0.25, 0.3) is 0 Å². The van der Waals surface area contributed by atoms with E-state index in [4.69, 9.17) is 0 Å². The van der Waals surface area contributed by atoms with Crippen LogP contribution in [0.25, 0.3) is 0 Å². The Bertz CT molecular complexity index is 205. The molecule has 1 radical (unpaired) electrons. The Morgan fingerprint density at radius 2 is 2.10 bits per heavy atom. The van der Waals surface area contributed by atoms with Gasteiger partial charge in [0, 0.05) is 10.6 Å². The Kier molecular flexibility index (Phi) is 1.68. The molecule has 0 amide bonds. The smallest absolute Gasteiger partial charge is 0.0220 e. The second-order valence-electron chi connectivity index (χ2n) is 2.43. The highest BCUT2D eigenvalue weighted by Crippen LogP contribution is 2.31. The van der Waals surface area contributed by atoms with Crippen LogP contribution in [-0.2, 0) is 6.42 Å². The first-order valence-electron chi connectivity index (χ1n) is 3.53. The van der Waals surface area contributed by atoms with Crippen molar-refractivity contribution in [3.8, 4) is 0 Å². The Morgan fingerprint density at radius 3 is 3.00 bits per heavy atom. The first-order valence-corrected chi connectivity index (χ1v) is 4.41. The molecule has 0 unspecified atom stereocenters. The zero-order valence-electron chi connectivity index (χ0n) is 5.71. The minimum Gasteiger partial charge on any atom is -0.121 e. The molecule has 1 aromatic rings. The Balaban J connectivity index is 2.41. The van der Waals surface area contributed by atoms with E-state index in [1.807, 2.05) is 11.8 Å². The van der Waals surface area contributed by atoms with Crippen molar-refractivity contribution >= 4 is 11.8 Å². The molecule has 0 bridgehead atoms. The van der Waals surface area contributed by atoms with Gasteiger partial charge in [0.05, 0.1) is 0 Å². The summed E-state index contributed by atoms with van der Waals surface area (Å²) < 4.78 is 0. The maximum absolute atomic E-state index is 2.28. The lowest BCUT2D eigenvalue weighted by atomic mass is 10.1. The molecule has 0 saturated heterocycles. The van der Waals surface area contributed by atoms with Crippen molar-refractivity contribution < 1.29 is 0 Å². The number of hydrogen-bond donors (Lipinski definition) is 0. The first-order chi connectivity index (χ1) is 4.97. The van der Waals surface area contributed by atoms with Gasteiger partial charge >= 0.3 is 0 Å². The highest BCUT2D eigenvalue weighted by Gasteiger charge is 2.06. The van der Waals surface area contributed by atoms with Crippen molar-refractivity contribution in [1.29, 1.82) is 0 Å². The molecule has 10 heavy (non-hydrogen) atoms. The molecule has 0 aromatic heterocycles. The fourth-order valence-corrected chi connectivity index (χ4v) is 2.08. The number of aryl methyl sites for hydroxylation is 1. The van der Waals surface area contributed by atoms with E-state index in [-0.39, 0.29) is 0 Å². The van der Waals surface area contributed by atoms with Crippen molar-refractivity contribution in [1.82, 2.24) is 0 Å². The number of benzene rings is 1. The van der Waals surface area contributed by atoms with E-state index >= 15 is 0 Å². The van der Waals surface area contributed by atoms with Gasteiger partial charge in [0.15, 0.2) is 0 Å². The molecule has 2 rings (SSSR count). The van der Waals surface area contributed by atoms with E-state index < -0.39 is 0 Å². The molecule has 1 heterocycles. The van der Waals surface area contributed by atoms with Gasteiger partial charge in [-0.2, -0.15) is 0 Å². The lowest BCUT2D eigenvalue weighted by Crippen LogP contribution is -1.93. The maximum atomic E-state index is 2.28. The lowest BCUT2D eigenvalue weighted by molar-refractivity contribution is 0.939. The summed E-state index contributed by atoms with van der Waals surface area (Å²) in [5, 5.41) is 0. The van der Waals surface area contributed by atoms with Crippen LogP contribution in [0.5, 0.6) is 0 Å². The Morgan fingerprint density at radius 1 is 1.20 bits per heavy atom. The van der Waals surface area contributed by atoms with Gasteiger partial charge in [0.1, 0.15) is 0 Å². The number of thioether (sulfide) groups is 1. The van der Waals surface area contributed by atoms with Crippen LogP contribution in [0.15, 0.2) is 29.2 Å². The van der Waals surface area contributed by atoms with Gasteiger partial charge in [0.2, 0.25) is 0 Å². The second kappa shape index (κ2) is 2.67. The predicted octanol–water partition coefficient (Wildman–Crippen LogP) is 2.89. The predicted molar refractivity (Wildman–Crippen MR) is 44.9 cm³/mol. The highest BCUT2D eigenvalue weighted by molar-refractivity contribution is 8.01. The minimum absolute atomic E-state index is 1.22. The molecule has 51 valence electrons. The quantitative estimate of drug-likeness (QED) is 0.546. The van der Waals surface area contributed by atoms with Crippen LogP contribution in [0.4, 0.5) is 0 Å². The van der Waals surface area contributed by atoms with Gasteiger partial charge in [-0.15, -0.1) is 11.8 Å². The fourth-order valence-electron chi connectivity index (χ4n) is 1.19. The first kappa shape index (κ1) is 6.29. The zero-order valence-corrected chi connectivity index (χ0v) is 6.53. The average molecular weight is 149 g/mol. The van der Waals surface area contributed by atoms with Crippen LogP contribution in [0.3, 0.4) is 0 Å². The molecule has 1 aromatic carbocycles. The molecular weight excluding hydrogens is 140 g/mol. The van der Waals surface area contributed by atoms with Crippen LogP contribution >= 0.6 is 11.8 Å². The molecule has 0 atom stereocenters. The molecule has 0 N–H and O–H groups in total. The number of rotatable bonds is 0. The molecular formula is C9H9S. The fraction of sp³-hybridized carbons (Fsp3) is 0.222. The molecule has 0 spiro atoms. The molecule has 1 heteroatoms. The summed E-state index contributed by atoms with van der Waals surface area (Å²) in [7, 11) is 0. The second-order valence-corrected chi connectivity index (χ2v) is 3.44. The standard InChI is InChI=1S/C9H9S/c1-2-6-9-8(4-1)5-3-7-10-9/h1-2,4,6-7H,3,5H2. The molecule has 0 fully saturated rings. The monoisotopic (exact) mass is 149 g/mol. The van der Waals surface area contributed by atoms with Crippen LogP contribution in [0, 0.1) is 5.75 Å². The van der Waals surface area contributed by atoms with Gasteiger partial charge in [-0.1, -0.05) is 18.2 Å². The minimum atomic E-state index is 1.22. The highest BCUT2D eigenvalue weighted by atomic mass is 32.2. The van der Waals surface area contributed by atoms with Crippen LogP contribution < -0.4 is 0 Å². The lowest BCUT2D eigenvalue weighted by Gasteiger charge is -2.12. The number of hydrogen-bond acceptors (Lipinski definition) is 1. The zero-order chi connectivity index (χ0) is 6.81. The van der Waals surface area contributed by atoms with E-state index in [0.29, 0.717) is 0 Å². The van der Waals surface area contributed by atoms with E-state index in [2.05, 4.69) is 30.0 Å². The Labute approximate surface area is 65.6 Å². The van der Waals surface area contributed by atoms with E-state index in [1.54, 1.807) is 0 Å². The normalized spacial score (nSPS) is 16.4. The molecule has 0 saturated carbocycles. The number of fused-ring (bicyclic) bond motifs is 1. The van der Waals surface area contributed by atoms with Gasteiger partial charge in [-0.05, 0) is 24.5 Å². The summed E-state index contributed by atoms with van der Waals surface area (Å²) in [6, 6.07) is 8.63. The van der Waals surface area contributed by atoms with Gasteiger partial charge < -0.3 is 0 Å². The van der Waals surface area contributed by atoms with Crippen LogP contribution in [0.1, 0.15) is 12.0 Å². The van der Waals surface area contributed by atoms with E-state index in [9.17, 15) is 0 Å². The topological polar surface area (TPSA) is 0 Å². The third kappa shape index (κ3) is 1.06. The average Bonchev–Trinajstić information content (AvgIpc) is 2.05. The summed E-state index contributed by atoms with van der Waals surface area (Å²) >= 11 is 1.86. The van der Waals surface area contributed by atoms with Crippen molar-refractivity contribution in [2.24, 2.45) is 0 Å². The van der Waals surface area contributed by atoms with Crippen LogP contribution in [-0.4, -0.2) is 0 Å². The molecule has 1 aliphatic rings. The third-order valence-corrected chi connectivity index (χ3v) is 2.77. The summed E-state index contributed by atoms with van der Waals surface area (Å²) in [6.07, 6.45) is 2.45. The molecule has 1 aliphatic heterocycles. The molecule has 0 aliphatic carbocycles.